The zero-order chi connectivity index (χ0) is 26.3. The SMILES string of the molecule is Cc1cc(NC(=O)CCN2C(=O)[C@H]3[C@H](C2=O)C2(Cl)c4ccccc4C3(Cl)c3ccccc32)cc(C)c1Br. The largest absolute Gasteiger partial charge is 0.326 e. The van der Waals surface area contributed by atoms with Gasteiger partial charge in [-0.05, 0) is 59.4 Å². The van der Waals surface area contributed by atoms with E-state index in [1.54, 1.807) is 0 Å². The molecule has 3 aromatic rings. The lowest BCUT2D eigenvalue weighted by molar-refractivity contribution is -0.140. The number of halogens is 3. The smallest absolute Gasteiger partial charge is 0.235 e. The van der Waals surface area contributed by atoms with Crippen molar-refractivity contribution in [2.24, 2.45) is 11.8 Å². The fourth-order valence-corrected chi connectivity index (χ4v) is 7.73. The maximum atomic E-state index is 13.8. The van der Waals surface area contributed by atoms with Gasteiger partial charge in [-0.2, -0.15) is 0 Å². The number of nitrogens with zero attached hydrogens (tertiary/aromatic N) is 1. The number of likely N-dealkylation sites (tertiary alicyclic amines) is 1. The van der Waals surface area contributed by atoms with Crippen molar-refractivity contribution in [3.05, 3.63) is 98.5 Å². The molecule has 3 aliphatic carbocycles. The first kappa shape index (κ1) is 24.7. The summed E-state index contributed by atoms with van der Waals surface area (Å²) >= 11 is 18.4. The van der Waals surface area contributed by atoms with Crippen molar-refractivity contribution < 1.29 is 14.4 Å². The van der Waals surface area contributed by atoms with Gasteiger partial charge in [0.2, 0.25) is 17.7 Å². The van der Waals surface area contributed by atoms with Gasteiger partial charge in [0.05, 0.1) is 11.8 Å². The zero-order valence-electron chi connectivity index (χ0n) is 20.1. The third-order valence-electron chi connectivity index (χ3n) is 7.96. The molecule has 2 bridgehead atoms. The maximum absolute atomic E-state index is 13.8. The van der Waals surface area contributed by atoms with Crippen LogP contribution in [-0.4, -0.2) is 29.2 Å². The molecular formula is C29H23BrCl2N2O3. The van der Waals surface area contributed by atoms with Gasteiger partial charge in [0, 0.05) is 23.1 Å². The Bertz CT molecular complexity index is 1380. The first-order chi connectivity index (χ1) is 17.6. The topological polar surface area (TPSA) is 66.5 Å². The van der Waals surface area contributed by atoms with Gasteiger partial charge in [0.1, 0.15) is 9.75 Å². The minimum atomic E-state index is -1.22. The fraction of sp³-hybridized carbons (Fsp3) is 0.276. The summed E-state index contributed by atoms with van der Waals surface area (Å²) in [5.41, 5.74) is 5.69. The molecule has 8 heteroatoms. The second-order valence-electron chi connectivity index (χ2n) is 10.0. The summed E-state index contributed by atoms with van der Waals surface area (Å²) in [5, 5.41) is 2.88. The Morgan fingerprint density at radius 1 is 0.865 bits per heavy atom. The molecule has 1 fully saturated rings. The maximum Gasteiger partial charge on any atom is 0.235 e. The molecule has 0 radical (unpaired) electrons. The lowest BCUT2D eigenvalue weighted by Crippen LogP contribution is -2.57. The highest BCUT2D eigenvalue weighted by atomic mass is 79.9. The average molecular weight is 598 g/mol. The molecule has 5 nitrogen and oxygen atoms in total. The Morgan fingerprint density at radius 3 is 1.68 bits per heavy atom. The first-order valence-electron chi connectivity index (χ1n) is 12.1. The van der Waals surface area contributed by atoms with Crippen LogP contribution in [0.3, 0.4) is 0 Å². The van der Waals surface area contributed by atoms with Gasteiger partial charge in [-0.25, -0.2) is 0 Å². The second kappa shape index (κ2) is 8.42. The van der Waals surface area contributed by atoms with Crippen LogP contribution in [0, 0.1) is 25.7 Å². The highest BCUT2D eigenvalue weighted by Gasteiger charge is 2.72. The van der Waals surface area contributed by atoms with Crippen molar-refractivity contribution in [1.82, 2.24) is 4.90 Å². The van der Waals surface area contributed by atoms with Gasteiger partial charge < -0.3 is 5.32 Å². The molecule has 0 spiro atoms. The van der Waals surface area contributed by atoms with Gasteiger partial charge in [0.15, 0.2) is 0 Å². The number of aryl methyl sites for hydroxylation is 2. The number of imide groups is 1. The Morgan fingerprint density at radius 2 is 1.27 bits per heavy atom. The molecule has 0 unspecified atom stereocenters. The number of amides is 3. The second-order valence-corrected chi connectivity index (χ2v) is 12.0. The predicted molar refractivity (Wildman–Crippen MR) is 147 cm³/mol. The molecular weight excluding hydrogens is 575 g/mol. The van der Waals surface area contributed by atoms with Gasteiger partial charge >= 0.3 is 0 Å². The van der Waals surface area contributed by atoms with E-state index in [1.165, 1.54) is 4.90 Å². The summed E-state index contributed by atoms with van der Waals surface area (Å²) in [6.07, 6.45) is -0.0322. The van der Waals surface area contributed by atoms with E-state index in [-0.39, 0.29) is 30.7 Å². The van der Waals surface area contributed by atoms with Gasteiger partial charge in [0.25, 0.3) is 0 Å². The standard InChI is InChI=1S/C29H23BrCl2N2O3/c1-15-13-17(14-16(2)25(15)30)33-22(35)11-12-34-26(36)23-24(27(34)37)29(32)19-8-4-3-7-18(19)28(23,31)20-9-5-6-10-21(20)29/h3-10,13-14,23-24H,11-12H2,1-2H3,(H,33,35)/t23-,24-,28?,29?/m1/s1. The van der Waals surface area contributed by atoms with E-state index < -0.39 is 21.6 Å². The monoisotopic (exact) mass is 596 g/mol. The number of rotatable bonds is 4. The van der Waals surface area contributed by atoms with E-state index in [2.05, 4.69) is 21.2 Å². The van der Waals surface area contributed by atoms with Crippen LogP contribution in [0.2, 0.25) is 0 Å². The molecule has 3 amide bonds. The summed E-state index contributed by atoms with van der Waals surface area (Å²) in [7, 11) is 0. The molecule has 1 heterocycles. The van der Waals surface area contributed by atoms with Crippen molar-refractivity contribution >= 4 is 62.5 Å². The molecule has 7 rings (SSSR count). The first-order valence-corrected chi connectivity index (χ1v) is 13.6. The number of hydrogen-bond acceptors (Lipinski definition) is 3. The lowest BCUT2D eigenvalue weighted by Gasteiger charge is -2.54. The third-order valence-corrected chi connectivity index (χ3v) is 10.5. The summed E-state index contributed by atoms with van der Waals surface area (Å²) in [6.45, 7) is 3.85. The number of hydrogen-bond donors (Lipinski definition) is 1. The van der Waals surface area contributed by atoms with E-state index in [0.717, 1.165) is 37.9 Å². The molecule has 188 valence electrons. The van der Waals surface area contributed by atoms with E-state index in [9.17, 15) is 14.4 Å². The number of anilines is 1. The molecule has 1 N–H and O–H groups in total. The normalized spacial score (nSPS) is 27.1. The average Bonchev–Trinajstić information content (AvgIpc) is 3.15. The third kappa shape index (κ3) is 3.25. The number of alkyl halides is 2. The predicted octanol–water partition coefficient (Wildman–Crippen LogP) is 5.99. The fourth-order valence-electron chi connectivity index (χ4n) is 6.40. The highest BCUT2D eigenvalue weighted by molar-refractivity contribution is 9.10. The summed E-state index contributed by atoms with van der Waals surface area (Å²) in [4.78, 5) is 39.2. The molecule has 3 aromatic carbocycles. The summed E-state index contributed by atoms with van der Waals surface area (Å²) < 4.78 is 0.989. The van der Waals surface area contributed by atoms with Crippen LogP contribution >= 0.6 is 39.1 Å². The van der Waals surface area contributed by atoms with Crippen LogP contribution in [-0.2, 0) is 24.1 Å². The van der Waals surface area contributed by atoms with E-state index in [1.807, 2.05) is 74.5 Å². The van der Waals surface area contributed by atoms with Crippen molar-refractivity contribution in [3.63, 3.8) is 0 Å². The minimum absolute atomic E-state index is 0.0322. The molecule has 0 aromatic heterocycles. The van der Waals surface area contributed by atoms with Crippen LogP contribution in [0.15, 0.2) is 65.1 Å². The summed E-state index contributed by atoms with van der Waals surface area (Å²) in [5.74, 6) is -2.77. The zero-order valence-corrected chi connectivity index (χ0v) is 23.2. The Balaban J connectivity index is 1.32. The van der Waals surface area contributed by atoms with Crippen molar-refractivity contribution in [1.29, 1.82) is 0 Å². The van der Waals surface area contributed by atoms with Gasteiger partial charge in [-0.3, -0.25) is 19.3 Å². The van der Waals surface area contributed by atoms with E-state index >= 15 is 0 Å². The highest BCUT2D eigenvalue weighted by Crippen LogP contribution is 2.69. The number of carbonyl (C=O) groups excluding carboxylic acids is 3. The quantitative estimate of drug-likeness (QED) is 0.297. The number of nitrogens with one attached hydrogen (secondary N) is 1. The molecule has 37 heavy (non-hydrogen) atoms. The van der Waals surface area contributed by atoms with Crippen LogP contribution in [0.4, 0.5) is 5.69 Å². The van der Waals surface area contributed by atoms with Crippen molar-refractivity contribution in [3.8, 4) is 0 Å². The molecule has 0 saturated carbocycles. The lowest BCUT2D eigenvalue weighted by atomic mass is 9.54. The number of benzene rings is 3. The van der Waals surface area contributed by atoms with Crippen molar-refractivity contribution in [2.45, 2.75) is 30.0 Å². The number of carbonyl (C=O) groups is 3. The van der Waals surface area contributed by atoms with Crippen LogP contribution in [0.5, 0.6) is 0 Å². The molecule has 1 aliphatic heterocycles. The summed E-state index contributed by atoms with van der Waals surface area (Å²) in [6, 6.07) is 18.8. The Labute approximate surface area is 233 Å². The Hall–Kier alpha value is -2.67. The van der Waals surface area contributed by atoms with E-state index in [4.69, 9.17) is 23.2 Å². The van der Waals surface area contributed by atoms with Crippen LogP contribution in [0.25, 0.3) is 0 Å². The van der Waals surface area contributed by atoms with Crippen LogP contribution < -0.4 is 5.32 Å². The minimum Gasteiger partial charge on any atom is -0.326 e. The van der Waals surface area contributed by atoms with Gasteiger partial charge in [-0.15, -0.1) is 23.2 Å². The Kier molecular flexibility index (Phi) is 5.61. The van der Waals surface area contributed by atoms with E-state index in [0.29, 0.717) is 5.69 Å². The molecule has 4 aliphatic rings. The molecule has 1 saturated heterocycles. The van der Waals surface area contributed by atoms with Gasteiger partial charge in [-0.1, -0.05) is 64.5 Å². The van der Waals surface area contributed by atoms with Crippen LogP contribution in [0.1, 0.15) is 39.8 Å². The molecule has 2 atom stereocenters. The van der Waals surface area contributed by atoms with Crippen molar-refractivity contribution in [2.75, 3.05) is 11.9 Å².